The first kappa shape index (κ1) is 31.1. The highest BCUT2D eigenvalue weighted by molar-refractivity contribution is 6.36. The smallest absolute Gasteiger partial charge is 0.130 e. The average molecular weight is 669 g/mol. The lowest BCUT2D eigenvalue weighted by atomic mass is 9.82. The Morgan fingerprint density at radius 2 is 1.06 bits per heavy atom. The molecule has 1 atom stereocenters. The van der Waals surface area contributed by atoms with Crippen LogP contribution in [0.4, 0.5) is 17.1 Å². The van der Waals surface area contributed by atoms with E-state index < -0.39 is 0 Å². The molecule has 0 spiro atoms. The van der Waals surface area contributed by atoms with E-state index in [0.717, 1.165) is 73.0 Å². The maximum absolute atomic E-state index is 9.60. The SMILES string of the molecule is N=C(/C(=C1\NC(c2ccccc2)=C(c2ccc(C3Nc4ccccc4N3c3ccccc3)cc2)c2ccccc21)c1ccccc1)c1ccccc1. The van der Waals surface area contributed by atoms with Gasteiger partial charge in [0.2, 0.25) is 0 Å². The largest absolute Gasteiger partial charge is 0.359 e. The maximum atomic E-state index is 9.60. The number of hydrogen-bond acceptors (Lipinski definition) is 4. The predicted octanol–water partition coefficient (Wildman–Crippen LogP) is 11.4. The van der Waals surface area contributed by atoms with E-state index in [4.69, 9.17) is 0 Å². The highest BCUT2D eigenvalue weighted by atomic mass is 15.3. The number of nitrogens with zero attached hydrogens (tertiary/aromatic N) is 1. The highest BCUT2D eigenvalue weighted by Gasteiger charge is 2.32. The van der Waals surface area contributed by atoms with Gasteiger partial charge in [0.25, 0.3) is 0 Å². The molecule has 0 bridgehead atoms. The van der Waals surface area contributed by atoms with Crippen LogP contribution in [0.15, 0.2) is 194 Å². The zero-order chi connectivity index (χ0) is 34.9. The second-order valence-electron chi connectivity index (χ2n) is 13.0. The molecule has 0 fully saturated rings. The van der Waals surface area contributed by atoms with Crippen molar-refractivity contribution in [2.75, 3.05) is 10.2 Å². The van der Waals surface area contributed by atoms with Crippen LogP contribution in [0.1, 0.15) is 45.1 Å². The Kier molecular flexibility index (Phi) is 8.03. The van der Waals surface area contributed by atoms with Crippen molar-refractivity contribution < 1.29 is 0 Å². The van der Waals surface area contributed by atoms with Gasteiger partial charge in [-0.15, -0.1) is 0 Å². The Morgan fingerprint density at radius 1 is 0.500 bits per heavy atom. The van der Waals surface area contributed by atoms with Gasteiger partial charge in [0.05, 0.1) is 28.5 Å². The summed E-state index contributed by atoms with van der Waals surface area (Å²) < 4.78 is 0. The lowest BCUT2D eigenvalue weighted by molar-refractivity contribution is 0.828. The van der Waals surface area contributed by atoms with E-state index in [1.807, 2.05) is 48.5 Å². The third-order valence-corrected chi connectivity index (χ3v) is 9.92. The van der Waals surface area contributed by atoms with E-state index in [-0.39, 0.29) is 6.17 Å². The number of fused-ring (bicyclic) bond motifs is 2. The van der Waals surface area contributed by atoms with E-state index >= 15 is 0 Å². The van der Waals surface area contributed by atoms with Crippen LogP contribution in [0.25, 0.3) is 22.5 Å². The third-order valence-electron chi connectivity index (χ3n) is 9.92. The molecular weight excluding hydrogens is 633 g/mol. The summed E-state index contributed by atoms with van der Waals surface area (Å²) in [4.78, 5) is 2.38. The molecule has 0 saturated heterocycles. The van der Waals surface area contributed by atoms with E-state index in [1.54, 1.807) is 0 Å². The van der Waals surface area contributed by atoms with Crippen LogP contribution in [-0.4, -0.2) is 5.71 Å². The van der Waals surface area contributed by atoms with Gasteiger partial charge in [0.15, 0.2) is 0 Å². The number of para-hydroxylation sites is 3. The van der Waals surface area contributed by atoms with Crippen LogP contribution in [0.2, 0.25) is 0 Å². The Hall–Kier alpha value is -6.91. The zero-order valence-corrected chi connectivity index (χ0v) is 28.5. The molecule has 52 heavy (non-hydrogen) atoms. The molecule has 4 heteroatoms. The lowest BCUT2D eigenvalue weighted by Crippen LogP contribution is -2.24. The number of anilines is 3. The van der Waals surface area contributed by atoms with Crippen LogP contribution in [0.3, 0.4) is 0 Å². The van der Waals surface area contributed by atoms with Gasteiger partial charge >= 0.3 is 0 Å². The van der Waals surface area contributed by atoms with E-state index in [9.17, 15) is 5.41 Å². The fraction of sp³-hybridized carbons (Fsp3) is 0.0208. The Bertz CT molecular complexity index is 2450. The van der Waals surface area contributed by atoms with Crippen LogP contribution in [-0.2, 0) is 0 Å². The van der Waals surface area contributed by atoms with Gasteiger partial charge in [-0.05, 0) is 52.1 Å². The molecule has 248 valence electrons. The van der Waals surface area contributed by atoms with Gasteiger partial charge in [-0.3, -0.25) is 5.41 Å². The molecule has 4 nitrogen and oxygen atoms in total. The van der Waals surface area contributed by atoms with Crippen molar-refractivity contribution in [3.05, 3.63) is 233 Å². The van der Waals surface area contributed by atoms with Crippen molar-refractivity contribution >= 4 is 45.3 Å². The van der Waals surface area contributed by atoms with E-state index in [2.05, 4.69) is 161 Å². The quantitative estimate of drug-likeness (QED) is 0.148. The van der Waals surface area contributed by atoms with Crippen LogP contribution < -0.4 is 15.5 Å². The Labute approximate surface area is 304 Å². The molecule has 0 aliphatic carbocycles. The minimum absolute atomic E-state index is 0.0554. The predicted molar refractivity (Wildman–Crippen MR) is 216 cm³/mol. The Morgan fingerprint density at radius 3 is 1.75 bits per heavy atom. The van der Waals surface area contributed by atoms with Crippen molar-refractivity contribution in [3.8, 4) is 0 Å². The fourth-order valence-corrected chi connectivity index (χ4v) is 7.49. The van der Waals surface area contributed by atoms with Gasteiger partial charge in [0.1, 0.15) is 6.17 Å². The molecule has 0 saturated carbocycles. The number of allylic oxidation sites excluding steroid dienone is 1. The summed E-state index contributed by atoms with van der Waals surface area (Å²) in [6, 6.07) is 67.5. The van der Waals surface area contributed by atoms with Gasteiger partial charge in [0, 0.05) is 28.0 Å². The van der Waals surface area contributed by atoms with Crippen LogP contribution >= 0.6 is 0 Å². The van der Waals surface area contributed by atoms with Crippen molar-refractivity contribution in [3.63, 3.8) is 0 Å². The van der Waals surface area contributed by atoms with E-state index in [0.29, 0.717) is 5.71 Å². The molecule has 2 heterocycles. The molecule has 7 aromatic carbocycles. The molecule has 7 aromatic rings. The number of nitrogens with one attached hydrogen (secondary N) is 3. The van der Waals surface area contributed by atoms with Crippen molar-refractivity contribution in [1.29, 1.82) is 5.41 Å². The van der Waals surface area contributed by atoms with E-state index in [1.165, 1.54) is 5.56 Å². The molecular formula is C48H36N4. The summed E-state index contributed by atoms with van der Waals surface area (Å²) >= 11 is 0. The summed E-state index contributed by atoms with van der Waals surface area (Å²) in [6.45, 7) is 0. The average Bonchev–Trinajstić information content (AvgIpc) is 3.62. The second-order valence-corrected chi connectivity index (χ2v) is 13.0. The van der Waals surface area contributed by atoms with Crippen LogP contribution in [0.5, 0.6) is 0 Å². The minimum atomic E-state index is -0.0554. The molecule has 0 radical (unpaired) electrons. The fourth-order valence-electron chi connectivity index (χ4n) is 7.49. The van der Waals surface area contributed by atoms with Crippen LogP contribution in [0, 0.1) is 5.41 Å². The van der Waals surface area contributed by atoms with Crippen molar-refractivity contribution in [2.24, 2.45) is 0 Å². The summed E-state index contributed by atoms with van der Waals surface area (Å²) in [7, 11) is 0. The molecule has 9 rings (SSSR count). The first-order valence-electron chi connectivity index (χ1n) is 17.7. The molecule has 2 aliphatic heterocycles. The number of benzene rings is 7. The third kappa shape index (κ3) is 5.57. The van der Waals surface area contributed by atoms with Gasteiger partial charge in [-0.2, -0.15) is 0 Å². The highest BCUT2D eigenvalue weighted by Crippen LogP contribution is 2.47. The topological polar surface area (TPSA) is 51.2 Å². The Balaban J connectivity index is 1.20. The normalized spacial score (nSPS) is 15.6. The minimum Gasteiger partial charge on any atom is -0.359 e. The standard InChI is InChI=1S/C48H36N4/c49-45(35-19-7-2-8-20-35)44(33-17-5-1-6-18-33)47-40-26-14-13-25-39(40)43(46(51-47)36-21-9-3-10-22-36)34-29-31-37(32-30-34)48-50-41-27-15-16-28-42(41)52(48)38-23-11-4-12-24-38/h1-32,48-51H/b47-44-,49-45?. The monoisotopic (exact) mass is 668 g/mol. The summed E-state index contributed by atoms with van der Waals surface area (Å²) in [5, 5.41) is 17.3. The summed E-state index contributed by atoms with van der Waals surface area (Å²) in [6.07, 6.45) is -0.0554. The van der Waals surface area contributed by atoms with Gasteiger partial charge in [-0.1, -0.05) is 170 Å². The lowest BCUT2D eigenvalue weighted by Gasteiger charge is -2.31. The van der Waals surface area contributed by atoms with Crippen molar-refractivity contribution in [2.45, 2.75) is 6.17 Å². The summed E-state index contributed by atoms with van der Waals surface area (Å²) in [5.41, 5.74) is 15.2. The maximum Gasteiger partial charge on any atom is 0.130 e. The first-order chi connectivity index (χ1) is 25.7. The molecule has 1 unspecified atom stereocenters. The summed E-state index contributed by atoms with van der Waals surface area (Å²) in [5.74, 6) is 0. The molecule has 3 N–H and O–H groups in total. The van der Waals surface area contributed by atoms with Gasteiger partial charge in [-0.25, -0.2) is 0 Å². The first-order valence-corrected chi connectivity index (χ1v) is 17.7. The molecule has 0 aromatic heterocycles. The van der Waals surface area contributed by atoms with Gasteiger partial charge < -0.3 is 15.5 Å². The molecule has 2 aliphatic rings. The number of rotatable bonds is 7. The van der Waals surface area contributed by atoms with Crippen molar-refractivity contribution in [1.82, 2.24) is 5.32 Å². The zero-order valence-electron chi connectivity index (χ0n) is 28.5. The second kappa shape index (κ2) is 13.4. The number of hydrogen-bond donors (Lipinski definition) is 3. The molecule has 0 amide bonds.